The number of fused-ring (bicyclic) bond motifs is 5. The molecule has 0 aromatic heterocycles. The fourth-order valence-electron chi connectivity index (χ4n) is 17.8. The molecule has 6 fully saturated rings. The van der Waals surface area contributed by atoms with Crippen molar-refractivity contribution in [3.05, 3.63) is 251 Å². The number of carbonyl (C=O) groups is 9. The molecule has 4 saturated carbocycles. The van der Waals surface area contributed by atoms with Crippen molar-refractivity contribution in [2.24, 2.45) is 52.3 Å². The Morgan fingerprint density at radius 1 is 0.450 bits per heavy atom. The summed E-state index contributed by atoms with van der Waals surface area (Å²) in [5, 5.41) is 12.4. The summed E-state index contributed by atoms with van der Waals surface area (Å²) in [5.41, 5.74) is 0.713. The Morgan fingerprint density at radius 2 is 0.835 bits per heavy atom. The van der Waals surface area contributed by atoms with Gasteiger partial charge in [-0.1, -0.05) is 155 Å². The Labute approximate surface area is 633 Å². The molecule has 109 heavy (non-hydrogen) atoms. The summed E-state index contributed by atoms with van der Waals surface area (Å²) >= 11 is 0. The van der Waals surface area contributed by atoms with Crippen LogP contribution in [0.4, 0.5) is 0 Å². The third-order valence-electron chi connectivity index (χ3n) is 23.5. The molecule has 570 valence electrons. The van der Waals surface area contributed by atoms with Gasteiger partial charge in [-0.15, -0.1) is 0 Å². The zero-order valence-electron chi connectivity index (χ0n) is 61.4. The first kappa shape index (κ1) is 77.1. The van der Waals surface area contributed by atoms with E-state index in [-0.39, 0.29) is 98.5 Å². The van der Waals surface area contributed by atoms with Crippen LogP contribution in [-0.2, 0) is 61.7 Å². The van der Waals surface area contributed by atoms with Gasteiger partial charge in [0.05, 0.1) is 51.7 Å². The number of esters is 7. The van der Waals surface area contributed by atoms with Crippen LogP contribution in [0.15, 0.2) is 212 Å². The molecule has 7 aromatic carbocycles. The SMILES string of the molecule is C[C@@H](CCC(=O)[C@@H](C)C1C(=O)CC2C3CCC4CC(O[C@@H]5OC(COC(=O)c6ccccc6)[C@@H](OC(=O)c6ccccc6)C(OC(=O)c6ccccc6)C5O)CCC4(C)C3CCC21C)CO[C@@H]1OC(COC(=O)c2ccccc2)[C@@H](OC(=O)c2ccccc2)C(OC(=O)c2ccccc2)C1OC(=O)c1ccccc1. The maximum absolute atomic E-state index is 14.8. The number of hydrogen-bond donors (Lipinski definition) is 1. The molecule has 4 aliphatic carbocycles. The summed E-state index contributed by atoms with van der Waals surface area (Å²) in [6.45, 7) is 7.27. The maximum Gasteiger partial charge on any atom is 0.338 e. The predicted octanol–water partition coefficient (Wildman–Crippen LogP) is 13.5. The Balaban J connectivity index is 0.673. The van der Waals surface area contributed by atoms with E-state index >= 15 is 0 Å². The largest absolute Gasteiger partial charge is 0.459 e. The highest BCUT2D eigenvalue weighted by atomic mass is 16.7. The first-order valence-corrected chi connectivity index (χ1v) is 37.8. The quantitative estimate of drug-likeness (QED) is 0.0300. The van der Waals surface area contributed by atoms with Crippen molar-refractivity contribution in [1.29, 1.82) is 0 Å². The van der Waals surface area contributed by atoms with Crippen LogP contribution in [0.1, 0.15) is 164 Å². The molecule has 2 saturated heterocycles. The Morgan fingerprint density at radius 3 is 1.28 bits per heavy atom. The van der Waals surface area contributed by atoms with E-state index in [9.17, 15) is 48.3 Å². The molecule has 6 aliphatic rings. The van der Waals surface area contributed by atoms with E-state index in [0.717, 1.165) is 32.1 Å². The van der Waals surface area contributed by atoms with Crippen molar-refractivity contribution >= 4 is 53.4 Å². The summed E-state index contributed by atoms with van der Waals surface area (Å²) < 4.78 is 69.1. The van der Waals surface area contributed by atoms with E-state index in [2.05, 4.69) is 13.8 Å². The smallest absolute Gasteiger partial charge is 0.338 e. The van der Waals surface area contributed by atoms with Gasteiger partial charge in [0.1, 0.15) is 43.1 Å². The Bertz CT molecular complexity index is 4300. The number of Topliss-reactive ketones (excluding diaryl/α,β-unsaturated/α-hetero) is 2. The lowest BCUT2D eigenvalue weighted by Crippen LogP contribution is -2.63. The molecule has 0 radical (unpaired) electrons. The lowest BCUT2D eigenvalue weighted by Gasteiger charge is -2.61. The molecule has 21 nitrogen and oxygen atoms in total. The summed E-state index contributed by atoms with van der Waals surface area (Å²) in [4.78, 5) is 127. The standard InChI is InChI=1S/C88H92O21/c1-53(50-101-86-77(109-84(98)61-38-24-11-25-39-61)76(108-83(97)60-36-22-10-23-37-60)74(106-81(95)58-32-18-8-19-33-58)70(104-86)52-100-79(93)56-28-14-6-15-29-56)40-43-67(89)54(2)71-68(90)49-66-64-42-41-62-48-63(44-46-87(62,3)65(64)45-47-88(66,71)4)102-85-72(91)75(107-82(96)59-34-20-9-21-35-59)73(105-80(94)57-30-16-7-17-31-57)69(103-85)51-99-78(92)55-26-12-5-13-27-55/h5-39,53-54,62-66,69-77,85-86,91H,40-52H2,1-4H3/t53-,54+,62?,63?,64?,65?,66?,69?,70?,71?,72?,73+,74+,75?,76?,77?,85+,86+,87?,88?/m0/s1. The van der Waals surface area contributed by atoms with Gasteiger partial charge >= 0.3 is 41.8 Å². The monoisotopic (exact) mass is 1480 g/mol. The van der Waals surface area contributed by atoms with E-state index in [4.69, 9.17) is 52.1 Å². The van der Waals surface area contributed by atoms with E-state index in [1.165, 1.54) is 24.3 Å². The van der Waals surface area contributed by atoms with Crippen LogP contribution in [0.5, 0.6) is 0 Å². The number of aliphatic hydroxyl groups excluding tert-OH is 1. The molecular weight excluding hydrogens is 1390 g/mol. The van der Waals surface area contributed by atoms with Crippen molar-refractivity contribution in [2.45, 2.75) is 159 Å². The van der Waals surface area contributed by atoms with E-state index in [1.54, 1.807) is 188 Å². The van der Waals surface area contributed by atoms with Crippen LogP contribution in [0.25, 0.3) is 0 Å². The molecule has 14 unspecified atom stereocenters. The number of ether oxygens (including phenoxy) is 11. The second-order valence-electron chi connectivity index (χ2n) is 30.3. The minimum atomic E-state index is -1.66. The predicted molar refractivity (Wildman–Crippen MR) is 394 cm³/mol. The van der Waals surface area contributed by atoms with Crippen molar-refractivity contribution in [3.63, 3.8) is 0 Å². The average Bonchev–Trinajstić information content (AvgIpc) is 1.61. The number of hydrogen-bond acceptors (Lipinski definition) is 21. The fraction of sp³-hybridized carbons (Fsp3) is 0.420. The number of carbonyl (C=O) groups excluding carboxylic acids is 9. The molecule has 7 aromatic rings. The zero-order valence-corrected chi connectivity index (χ0v) is 61.4. The van der Waals surface area contributed by atoms with Gasteiger partial charge in [0.15, 0.2) is 43.1 Å². The normalized spacial score (nSPS) is 29.5. The van der Waals surface area contributed by atoms with Crippen LogP contribution in [0.3, 0.4) is 0 Å². The van der Waals surface area contributed by atoms with Gasteiger partial charge in [-0.3, -0.25) is 9.59 Å². The molecular formula is C88H92O21. The zero-order chi connectivity index (χ0) is 76.3. The highest BCUT2D eigenvalue weighted by molar-refractivity contribution is 5.94. The van der Waals surface area contributed by atoms with Crippen LogP contribution < -0.4 is 0 Å². The first-order valence-electron chi connectivity index (χ1n) is 37.8. The summed E-state index contributed by atoms with van der Waals surface area (Å²) in [5.74, 6) is -6.15. The van der Waals surface area contributed by atoms with E-state index < -0.39 is 140 Å². The third-order valence-corrected chi connectivity index (χ3v) is 23.5. The van der Waals surface area contributed by atoms with E-state index in [1.807, 2.05) is 13.8 Å². The lowest BCUT2D eigenvalue weighted by molar-refractivity contribution is -0.314. The molecule has 2 heterocycles. The second-order valence-corrected chi connectivity index (χ2v) is 30.3. The molecule has 2 aliphatic heterocycles. The number of benzene rings is 7. The van der Waals surface area contributed by atoms with Gasteiger partial charge in [-0.25, -0.2) is 33.6 Å². The van der Waals surface area contributed by atoms with Crippen LogP contribution in [0, 0.1) is 52.3 Å². The number of aliphatic hydroxyl groups is 1. The maximum atomic E-state index is 14.8. The molecule has 0 amide bonds. The highest BCUT2D eigenvalue weighted by Crippen LogP contribution is 2.68. The van der Waals surface area contributed by atoms with Gasteiger partial charge < -0.3 is 57.2 Å². The van der Waals surface area contributed by atoms with Crippen LogP contribution >= 0.6 is 0 Å². The van der Waals surface area contributed by atoms with Crippen molar-refractivity contribution < 1.29 is 100 Å². The number of ketones is 2. The number of rotatable bonds is 26. The Kier molecular flexibility index (Phi) is 24.5. The minimum Gasteiger partial charge on any atom is -0.459 e. The van der Waals surface area contributed by atoms with Gasteiger partial charge in [0.25, 0.3) is 0 Å². The average molecular weight is 1490 g/mol. The van der Waals surface area contributed by atoms with Gasteiger partial charge in [-0.2, -0.15) is 0 Å². The minimum absolute atomic E-state index is 0.0543. The van der Waals surface area contributed by atoms with Crippen molar-refractivity contribution in [3.8, 4) is 0 Å². The molecule has 20 atom stereocenters. The summed E-state index contributed by atoms with van der Waals surface area (Å²) in [6.07, 6.45) is -9.32. The highest BCUT2D eigenvalue weighted by Gasteiger charge is 2.64. The molecule has 0 spiro atoms. The van der Waals surface area contributed by atoms with E-state index in [0.29, 0.717) is 25.7 Å². The molecule has 0 bridgehead atoms. The summed E-state index contributed by atoms with van der Waals surface area (Å²) in [7, 11) is 0. The summed E-state index contributed by atoms with van der Waals surface area (Å²) in [6, 6.07) is 57.3. The first-order chi connectivity index (χ1) is 52.7. The van der Waals surface area contributed by atoms with Crippen molar-refractivity contribution in [1.82, 2.24) is 0 Å². The van der Waals surface area contributed by atoms with Crippen molar-refractivity contribution in [2.75, 3.05) is 19.8 Å². The lowest BCUT2D eigenvalue weighted by atomic mass is 9.44. The van der Waals surface area contributed by atoms with Crippen LogP contribution in [-0.4, -0.2) is 146 Å². The fourth-order valence-corrected chi connectivity index (χ4v) is 17.8. The second kappa shape index (κ2) is 34.7. The molecule has 13 rings (SSSR count). The molecule has 21 heteroatoms. The van der Waals surface area contributed by atoms with Gasteiger partial charge in [0.2, 0.25) is 0 Å². The molecule has 1 N–H and O–H groups in total. The van der Waals surface area contributed by atoms with Gasteiger partial charge in [0, 0.05) is 24.7 Å². The van der Waals surface area contributed by atoms with Crippen LogP contribution in [0.2, 0.25) is 0 Å². The third kappa shape index (κ3) is 17.5. The Hall–Kier alpha value is -10.0. The van der Waals surface area contributed by atoms with Gasteiger partial charge in [-0.05, 0) is 177 Å². The topological polar surface area (TPSA) is 275 Å².